The van der Waals surface area contributed by atoms with Gasteiger partial charge in [0.15, 0.2) is 0 Å². The molecule has 1 saturated heterocycles. The van der Waals surface area contributed by atoms with Gasteiger partial charge in [-0.25, -0.2) is 0 Å². The average molecular weight is 341 g/mol. The zero-order valence-electron chi connectivity index (χ0n) is 15.6. The van der Waals surface area contributed by atoms with E-state index in [-0.39, 0.29) is 5.91 Å². The predicted octanol–water partition coefficient (Wildman–Crippen LogP) is 3.55. The van der Waals surface area contributed by atoms with E-state index in [1.165, 1.54) is 5.56 Å². The summed E-state index contributed by atoms with van der Waals surface area (Å²) < 4.78 is 7.44. The fraction of sp³-hybridized carbons (Fsp3) is 0.500. The highest BCUT2D eigenvalue weighted by molar-refractivity contribution is 5.96. The zero-order chi connectivity index (χ0) is 18.0. The van der Waals surface area contributed by atoms with E-state index in [4.69, 9.17) is 4.74 Å². The van der Waals surface area contributed by atoms with Crippen molar-refractivity contribution in [1.29, 1.82) is 0 Å². The Labute approximate surface area is 149 Å². The van der Waals surface area contributed by atoms with Crippen LogP contribution in [0.1, 0.15) is 53.0 Å². The molecule has 0 bridgehead atoms. The Morgan fingerprint density at radius 3 is 2.80 bits per heavy atom. The summed E-state index contributed by atoms with van der Waals surface area (Å²) in [5.41, 5.74) is 3.77. The van der Waals surface area contributed by atoms with Gasteiger partial charge in [0, 0.05) is 31.2 Å². The fourth-order valence-electron chi connectivity index (χ4n) is 3.80. The van der Waals surface area contributed by atoms with Crippen LogP contribution in [0.3, 0.4) is 0 Å². The van der Waals surface area contributed by atoms with Crippen molar-refractivity contribution in [3.05, 3.63) is 46.8 Å². The molecule has 1 aromatic heterocycles. The van der Waals surface area contributed by atoms with Crippen LogP contribution in [0.2, 0.25) is 0 Å². The minimum absolute atomic E-state index is 0.106. The number of carbonyl (C=O) groups is 1. The van der Waals surface area contributed by atoms with E-state index in [9.17, 15) is 4.79 Å². The lowest BCUT2D eigenvalue weighted by atomic mass is 9.97. The Morgan fingerprint density at radius 1 is 1.32 bits per heavy atom. The molecular weight excluding hydrogens is 314 g/mol. The first-order valence-corrected chi connectivity index (χ1v) is 9.03. The highest BCUT2D eigenvalue weighted by Crippen LogP contribution is 2.34. The number of ether oxygens (including phenoxy) is 1. The highest BCUT2D eigenvalue weighted by atomic mass is 16.5. The first kappa shape index (κ1) is 17.5. The number of methoxy groups -OCH3 is 1. The van der Waals surface area contributed by atoms with Crippen molar-refractivity contribution in [1.82, 2.24) is 14.7 Å². The first-order valence-electron chi connectivity index (χ1n) is 9.03. The number of aryl methyl sites for hydroxylation is 2. The van der Waals surface area contributed by atoms with Crippen molar-refractivity contribution in [3.63, 3.8) is 0 Å². The van der Waals surface area contributed by atoms with Crippen LogP contribution in [0.4, 0.5) is 0 Å². The molecule has 25 heavy (non-hydrogen) atoms. The van der Waals surface area contributed by atoms with E-state index < -0.39 is 0 Å². The number of benzene rings is 1. The molecule has 0 N–H and O–H groups in total. The summed E-state index contributed by atoms with van der Waals surface area (Å²) in [6, 6.07) is 8.11. The molecule has 2 aromatic rings. The highest BCUT2D eigenvalue weighted by Gasteiger charge is 2.32. The van der Waals surface area contributed by atoms with Crippen LogP contribution in [0, 0.1) is 13.8 Å². The van der Waals surface area contributed by atoms with E-state index in [1.807, 2.05) is 41.6 Å². The molecule has 5 heteroatoms. The quantitative estimate of drug-likeness (QED) is 0.835. The molecule has 0 radical (unpaired) electrons. The number of aromatic nitrogens is 2. The maximum Gasteiger partial charge on any atom is 0.257 e. The van der Waals surface area contributed by atoms with Crippen LogP contribution in [0.15, 0.2) is 24.3 Å². The smallest absolute Gasteiger partial charge is 0.257 e. The van der Waals surface area contributed by atoms with Crippen LogP contribution in [-0.2, 0) is 6.54 Å². The van der Waals surface area contributed by atoms with Crippen molar-refractivity contribution in [2.45, 2.75) is 46.1 Å². The van der Waals surface area contributed by atoms with Gasteiger partial charge in [0.05, 0.1) is 18.4 Å². The van der Waals surface area contributed by atoms with Gasteiger partial charge in [0.25, 0.3) is 5.91 Å². The number of para-hydroxylation sites is 1. The van der Waals surface area contributed by atoms with E-state index in [1.54, 1.807) is 7.11 Å². The molecule has 1 aliphatic rings. The lowest BCUT2D eigenvalue weighted by Gasteiger charge is -2.18. The molecule has 0 spiro atoms. The normalized spacial score (nSPS) is 17.1. The number of carbonyl (C=O) groups excluding carboxylic acids is 1. The Balaban J connectivity index is 1.79. The monoisotopic (exact) mass is 341 g/mol. The molecule has 5 nitrogen and oxygen atoms in total. The standard InChI is InChI=1S/C20H27N3O2/c1-5-11-23-15(3)19(14(2)21-23)20(24)22-12-10-16(13-22)17-8-6-7-9-18(17)25-4/h6-9,16H,5,10-13H2,1-4H3/t16-/m0/s1. The average Bonchev–Trinajstić information content (AvgIpc) is 3.20. The molecule has 0 unspecified atom stereocenters. The van der Waals surface area contributed by atoms with Gasteiger partial charge < -0.3 is 9.64 Å². The molecule has 134 valence electrons. The topological polar surface area (TPSA) is 47.4 Å². The van der Waals surface area contributed by atoms with Crippen molar-refractivity contribution < 1.29 is 9.53 Å². The van der Waals surface area contributed by atoms with Gasteiger partial charge in [-0.2, -0.15) is 5.10 Å². The third kappa shape index (κ3) is 3.28. The number of hydrogen-bond donors (Lipinski definition) is 0. The van der Waals surface area contributed by atoms with Crippen LogP contribution < -0.4 is 4.74 Å². The van der Waals surface area contributed by atoms with Crippen LogP contribution >= 0.6 is 0 Å². The van der Waals surface area contributed by atoms with Gasteiger partial charge in [-0.1, -0.05) is 25.1 Å². The van der Waals surface area contributed by atoms with Crippen LogP contribution in [-0.4, -0.2) is 40.8 Å². The Hall–Kier alpha value is -2.30. The second-order valence-electron chi connectivity index (χ2n) is 6.75. The van der Waals surface area contributed by atoms with Crippen molar-refractivity contribution in [3.8, 4) is 5.75 Å². The third-order valence-electron chi connectivity index (χ3n) is 5.08. The Kier molecular flexibility index (Phi) is 5.11. The van der Waals surface area contributed by atoms with Gasteiger partial charge in [-0.3, -0.25) is 9.48 Å². The summed E-state index contributed by atoms with van der Waals surface area (Å²) in [5.74, 6) is 1.34. The predicted molar refractivity (Wildman–Crippen MR) is 98.2 cm³/mol. The van der Waals surface area contributed by atoms with Gasteiger partial charge in [-0.15, -0.1) is 0 Å². The van der Waals surface area contributed by atoms with Crippen molar-refractivity contribution in [2.24, 2.45) is 0 Å². The maximum atomic E-state index is 13.1. The summed E-state index contributed by atoms with van der Waals surface area (Å²) in [6.45, 7) is 8.41. The van der Waals surface area contributed by atoms with Crippen LogP contribution in [0.25, 0.3) is 0 Å². The maximum absolute atomic E-state index is 13.1. The van der Waals surface area contributed by atoms with Gasteiger partial charge in [-0.05, 0) is 38.3 Å². The molecule has 0 saturated carbocycles. The number of nitrogens with zero attached hydrogens (tertiary/aromatic N) is 3. The summed E-state index contributed by atoms with van der Waals surface area (Å²) in [7, 11) is 1.70. The Morgan fingerprint density at radius 2 is 2.08 bits per heavy atom. The van der Waals surface area contributed by atoms with Crippen molar-refractivity contribution >= 4 is 5.91 Å². The second kappa shape index (κ2) is 7.30. The lowest BCUT2D eigenvalue weighted by molar-refractivity contribution is 0.0789. The summed E-state index contributed by atoms with van der Waals surface area (Å²) in [5, 5.41) is 4.55. The van der Waals surface area contributed by atoms with E-state index in [0.29, 0.717) is 5.92 Å². The molecule has 0 aliphatic carbocycles. The van der Waals surface area contributed by atoms with E-state index in [2.05, 4.69) is 18.1 Å². The molecule has 1 aromatic carbocycles. The summed E-state index contributed by atoms with van der Waals surface area (Å²) in [6.07, 6.45) is 1.97. The molecule has 1 aliphatic heterocycles. The minimum Gasteiger partial charge on any atom is -0.496 e. The number of rotatable bonds is 5. The molecule has 1 amide bonds. The lowest BCUT2D eigenvalue weighted by Crippen LogP contribution is -2.29. The van der Waals surface area contributed by atoms with Gasteiger partial charge in [0.2, 0.25) is 0 Å². The molecular formula is C20H27N3O2. The number of likely N-dealkylation sites (tertiary alicyclic amines) is 1. The molecule has 1 atom stereocenters. The molecule has 1 fully saturated rings. The number of amides is 1. The van der Waals surface area contributed by atoms with Crippen molar-refractivity contribution in [2.75, 3.05) is 20.2 Å². The second-order valence-corrected chi connectivity index (χ2v) is 6.75. The Bertz CT molecular complexity index is 766. The largest absolute Gasteiger partial charge is 0.496 e. The zero-order valence-corrected chi connectivity index (χ0v) is 15.6. The van der Waals surface area contributed by atoms with Crippen LogP contribution in [0.5, 0.6) is 5.75 Å². The summed E-state index contributed by atoms with van der Waals surface area (Å²) >= 11 is 0. The number of hydrogen-bond acceptors (Lipinski definition) is 3. The van der Waals surface area contributed by atoms with E-state index in [0.717, 1.165) is 55.2 Å². The van der Waals surface area contributed by atoms with E-state index >= 15 is 0 Å². The van der Waals surface area contributed by atoms with Gasteiger partial charge >= 0.3 is 0 Å². The third-order valence-corrected chi connectivity index (χ3v) is 5.08. The summed E-state index contributed by atoms with van der Waals surface area (Å²) in [4.78, 5) is 15.0. The molecule has 3 rings (SSSR count). The molecule has 2 heterocycles. The SMILES string of the molecule is CCCn1nc(C)c(C(=O)N2CC[C@H](c3ccccc3OC)C2)c1C. The van der Waals surface area contributed by atoms with Gasteiger partial charge in [0.1, 0.15) is 5.75 Å². The minimum atomic E-state index is 0.106. The fourth-order valence-corrected chi connectivity index (χ4v) is 3.80. The first-order chi connectivity index (χ1) is 12.1.